The van der Waals surface area contributed by atoms with E-state index in [1.54, 1.807) is 0 Å². The fraction of sp³-hybridized carbons (Fsp3) is 1.00. The molecule has 3 heteroatoms. The SMILES string of the molecule is CCOCC(C)NC(C)CC1CCCCCN1. The van der Waals surface area contributed by atoms with Crippen molar-refractivity contribution in [3.05, 3.63) is 0 Å². The van der Waals surface area contributed by atoms with Crippen LogP contribution in [0, 0.1) is 0 Å². The van der Waals surface area contributed by atoms with Gasteiger partial charge in [0.25, 0.3) is 0 Å². The van der Waals surface area contributed by atoms with Crippen molar-refractivity contribution in [3.8, 4) is 0 Å². The minimum absolute atomic E-state index is 0.454. The van der Waals surface area contributed by atoms with Crippen LogP contribution >= 0.6 is 0 Å². The summed E-state index contributed by atoms with van der Waals surface area (Å²) in [6.45, 7) is 9.36. The Morgan fingerprint density at radius 1 is 1.24 bits per heavy atom. The minimum Gasteiger partial charge on any atom is -0.380 e. The van der Waals surface area contributed by atoms with Gasteiger partial charge in [0.05, 0.1) is 6.61 Å². The largest absolute Gasteiger partial charge is 0.380 e. The van der Waals surface area contributed by atoms with E-state index in [0.29, 0.717) is 18.1 Å². The maximum Gasteiger partial charge on any atom is 0.0616 e. The normalized spacial score (nSPS) is 25.2. The van der Waals surface area contributed by atoms with E-state index in [4.69, 9.17) is 4.74 Å². The van der Waals surface area contributed by atoms with Gasteiger partial charge in [-0.05, 0) is 46.6 Å². The molecule has 0 aromatic carbocycles. The van der Waals surface area contributed by atoms with Gasteiger partial charge in [0.15, 0.2) is 0 Å². The predicted molar refractivity (Wildman–Crippen MR) is 73.4 cm³/mol. The first kappa shape index (κ1) is 14.9. The second-order valence-electron chi connectivity index (χ2n) is 5.36. The van der Waals surface area contributed by atoms with Crippen molar-refractivity contribution in [3.63, 3.8) is 0 Å². The molecule has 3 nitrogen and oxygen atoms in total. The lowest BCUT2D eigenvalue weighted by Crippen LogP contribution is -2.42. The van der Waals surface area contributed by atoms with E-state index in [9.17, 15) is 0 Å². The monoisotopic (exact) mass is 242 g/mol. The zero-order valence-electron chi connectivity index (χ0n) is 11.8. The fourth-order valence-electron chi connectivity index (χ4n) is 2.63. The quantitative estimate of drug-likeness (QED) is 0.719. The summed E-state index contributed by atoms with van der Waals surface area (Å²) < 4.78 is 5.43. The van der Waals surface area contributed by atoms with Crippen LogP contribution in [-0.4, -0.2) is 37.9 Å². The van der Waals surface area contributed by atoms with E-state index in [1.807, 2.05) is 6.92 Å². The highest BCUT2D eigenvalue weighted by Gasteiger charge is 2.15. The molecule has 17 heavy (non-hydrogen) atoms. The third-order valence-corrected chi connectivity index (χ3v) is 3.44. The van der Waals surface area contributed by atoms with Crippen LogP contribution in [-0.2, 0) is 4.74 Å². The zero-order chi connectivity index (χ0) is 12.5. The van der Waals surface area contributed by atoms with Crippen molar-refractivity contribution < 1.29 is 4.74 Å². The fourth-order valence-corrected chi connectivity index (χ4v) is 2.63. The van der Waals surface area contributed by atoms with Crippen LogP contribution in [0.4, 0.5) is 0 Å². The molecule has 0 bridgehead atoms. The van der Waals surface area contributed by atoms with E-state index in [-0.39, 0.29) is 0 Å². The van der Waals surface area contributed by atoms with E-state index in [1.165, 1.54) is 38.6 Å². The Labute approximate surface area is 107 Å². The maximum absolute atomic E-state index is 5.43. The van der Waals surface area contributed by atoms with Crippen molar-refractivity contribution in [2.75, 3.05) is 19.8 Å². The van der Waals surface area contributed by atoms with Crippen LogP contribution in [0.25, 0.3) is 0 Å². The molecule has 0 amide bonds. The molecule has 1 aliphatic heterocycles. The van der Waals surface area contributed by atoms with Gasteiger partial charge in [0.2, 0.25) is 0 Å². The molecular formula is C14H30N2O. The first-order chi connectivity index (χ1) is 8.22. The molecule has 0 aliphatic carbocycles. The van der Waals surface area contributed by atoms with Crippen molar-refractivity contribution in [2.24, 2.45) is 0 Å². The summed E-state index contributed by atoms with van der Waals surface area (Å²) in [6, 6.07) is 1.73. The molecule has 1 fully saturated rings. The minimum atomic E-state index is 0.454. The summed E-state index contributed by atoms with van der Waals surface area (Å²) in [4.78, 5) is 0. The van der Waals surface area contributed by atoms with Gasteiger partial charge in [0, 0.05) is 24.7 Å². The Balaban J connectivity index is 2.15. The zero-order valence-corrected chi connectivity index (χ0v) is 11.8. The molecule has 0 saturated carbocycles. The standard InChI is InChI=1S/C14H30N2O/c1-4-17-11-13(3)16-12(2)10-14-8-6-5-7-9-15-14/h12-16H,4-11H2,1-3H3. The maximum atomic E-state index is 5.43. The van der Waals surface area contributed by atoms with E-state index < -0.39 is 0 Å². The summed E-state index contributed by atoms with van der Waals surface area (Å²) >= 11 is 0. The summed E-state index contributed by atoms with van der Waals surface area (Å²) in [5, 5.41) is 7.28. The average molecular weight is 242 g/mol. The van der Waals surface area contributed by atoms with Crippen molar-refractivity contribution >= 4 is 0 Å². The van der Waals surface area contributed by atoms with Crippen LogP contribution in [0.2, 0.25) is 0 Å². The number of nitrogens with one attached hydrogen (secondary N) is 2. The van der Waals surface area contributed by atoms with Crippen LogP contribution in [0.5, 0.6) is 0 Å². The second-order valence-corrected chi connectivity index (χ2v) is 5.36. The van der Waals surface area contributed by atoms with Gasteiger partial charge in [-0.1, -0.05) is 12.8 Å². The van der Waals surface area contributed by atoms with Crippen LogP contribution < -0.4 is 10.6 Å². The van der Waals surface area contributed by atoms with E-state index in [0.717, 1.165) is 13.2 Å². The smallest absolute Gasteiger partial charge is 0.0616 e. The molecular weight excluding hydrogens is 212 g/mol. The highest BCUT2D eigenvalue weighted by molar-refractivity contribution is 4.77. The molecule has 1 aliphatic rings. The van der Waals surface area contributed by atoms with Gasteiger partial charge in [0.1, 0.15) is 0 Å². The van der Waals surface area contributed by atoms with Gasteiger partial charge >= 0.3 is 0 Å². The summed E-state index contributed by atoms with van der Waals surface area (Å²) in [7, 11) is 0. The van der Waals surface area contributed by atoms with Gasteiger partial charge in [-0.2, -0.15) is 0 Å². The molecule has 1 saturated heterocycles. The molecule has 1 heterocycles. The molecule has 0 spiro atoms. The molecule has 3 unspecified atom stereocenters. The van der Waals surface area contributed by atoms with Gasteiger partial charge in [-0.15, -0.1) is 0 Å². The summed E-state index contributed by atoms with van der Waals surface area (Å²) in [6.07, 6.45) is 6.70. The highest BCUT2D eigenvalue weighted by Crippen LogP contribution is 2.12. The Morgan fingerprint density at radius 3 is 2.82 bits per heavy atom. The van der Waals surface area contributed by atoms with Crippen LogP contribution in [0.1, 0.15) is 52.9 Å². The van der Waals surface area contributed by atoms with Crippen molar-refractivity contribution in [1.82, 2.24) is 10.6 Å². The number of rotatable bonds is 7. The Hall–Kier alpha value is -0.120. The van der Waals surface area contributed by atoms with E-state index >= 15 is 0 Å². The number of hydrogen-bond acceptors (Lipinski definition) is 3. The number of hydrogen-bond donors (Lipinski definition) is 2. The molecule has 0 radical (unpaired) electrons. The predicted octanol–water partition coefficient (Wildman–Crippen LogP) is 2.31. The molecule has 0 aromatic rings. The second kappa shape index (κ2) is 8.90. The Morgan fingerprint density at radius 2 is 2.06 bits per heavy atom. The Bertz CT molecular complexity index is 179. The number of ether oxygens (including phenoxy) is 1. The third kappa shape index (κ3) is 7.02. The van der Waals surface area contributed by atoms with Crippen LogP contribution in [0.15, 0.2) is 0 Å². The summed E-state index contributed by atoms with van der Waals surface area (Å²) in [5.74, 6) is 0. The van der Waals surface area contributed by atoms with E-state index in [2.05, 4.69) is 24.5 Å². The van der Waals surface area contributed by atoms with Crippen molar-refractivity contribution in [1.29, 1.82) is 0 Å². The molecule has 2 N–H and O–H groups in total. The van der Waals surface area contributed by atoms with Gasteiger partial charge in [-0.25, -0.2) is 0 Å². The van der Waals surface area contributed by atoms with Gasteiger partial charge in [-0.3, -0.25) is 0 Å². The van der Waals surface area contributed by atoms with Gasteiger partial charge < -0.3 is 15.4 Å². The molecule has 0 aromatic heterocycles. The molecule has 102 valence electrons. The lowest BCUT2D eigenvalue weighted by molar-refractivity contribution is 0.123. The van der Waals surface area contributed by atoms with Crippen LogP contribution in [0.3, 0.4) is 0 Å². The highest BCUT2D eigenvalue weighted by atomic mass is 16.5. The average Bonchev–Trinajstić information content (AvgIpc) is 2.54. The lowest BCUT2D eigenvalue weighted by atomic mass is 10.0. The topological polar surface area (TPSA) is 33.3 Å². The van der Waals surface area contributed by atoms with Crippen molar-refractivity contribution in [2.45, 2.75) is 71.0 Å². The summed E-state index contributed by atoms with van der Waals surface area (Å²) in [5.41, 5.74) is 0. The first-order valence-electron chi connectivity index (χ1n) is 7.29. The first-order valence-corrected chi connectivity index (χ1v) is 7.29. The third-order valence-electron chi connectivity index (χ3n) is 3.44. The Kier molecular flexibility index (Phi) is 7.82. The molecule has 1 rings (SSSR count). The lowest BCUT2D eigenvalue weighted by Gasteiger charge is -2.24. The molecule has 3 atom stereocenters.